The summed E-state index contributed by atoms with van der Waals surface area (Å²) in [4.78, 5) is 0. The molecular formula is C5H6F2N2O. The fraction of sp³-hybridized carbons (Fsp3) is 0.400. The van der Waals surface area contributed by atoms with Gasteiger partial charge in [0.05, 0.1) is 7.11 Å². The summed E-state index contributed by atoms with van der Waals surface area (Å²) in [7, 11) is 1.37. The quantitative estimate of drug-likeness (QED) is 0.631. The monoisotopic (exact) mass is 148 g/mol. The fourth-order valence-corrected chi connectivity index (χ4v) is 0.538. The van der Waals surface area contributed by atoms with Gasteiger partial charge in [0.15, 0.2) is 0 Å². The van der Waals surface area contributed by atoms with Crippen molar-refractivity contribution in [3.05, 3.63) is 12.3 Å². The Labute approximate surface area is 56.2 Å². The zero-order valence-electron chi connectivity index (χ0n) is 5.29. The van der Waals surface area contributed by atoms with Gasteiger partial charge >= 0.3 is 6.55 Å². The molecule has 0 spiro atoms. The molecule has 0 aromatic carbocycles. The highest BCUT2D eigenvalue weighted by molar-refractivity contribution is 5.04. The molecule has 0 atom stereocenters. The van der Waals surface area contributed by atoms with Gasteiger partial charge in [-0.25, -0.2) is 4.68 Å². The molecule has 0 bridgehead atoms. The Morgan fingerprint density at radius 2 is 2.40 bits per heavy atom. The van der Waals surface area contributed by atoms with Crippen LogP contribution in [0.3, 0.4) is 0 Å². The molecule has 0 aliphatic heterocycles. The van der Waals surface area contributed by atoms with Crippen molar-refractivity contribution in [2.24, 2.45) is 0 Å². The Morgan fingerprint density at radius 3 is 2.70 bits per heavy atom. The highest BCUT2D eigenvalue weighted by atomic mass is 19.3. The molecular weight excluding hydrogens is 142 g/mol. The summed E-state index contributed by atoms with van der Waals surface area (Å²) in [5.74, 6) is 0.195. The van der Waals surface area contributed by atoms with Gasteiger partial charge in [-0.2, -0.15) is 8.78 Å². The van der Waals surface area contributed by atoms with Crippen molar-refractivity contribution in [2.45, 2.75) is 6.55 Å². The summed E-state index contributed by atoms with van der Waals surface area (Å²) >= 11 is 0. The smallest absolute Gasteiger partial charge is 0.333 e. The van der Waals surface area contributed by atoms with E-state index in [0.717, 1.165) is 6.20 Å². The maximum atomic E-state index is 11.8. The Kier molecular flexibility index (Phi) is 1.84. The molecule has 0 amide bonds. The van der Waals surface area contributed by atoms with Gasteiger partial charge in [0.25, 0.3) is 0 Å². The standard InChI is InChI=1S/C5H6F2N2O/c1-10-4-2-3-9(8-4)5(6)7/h2-3,5H,1H3. The first-order valence-corrected chi connectivity index (χ1v) is 2.61. The van der Waals surface area contributed by atoms with Crippen molar-refractivity contribution in [3.63, 3.8) is 0 Å². The maximum Gasteiger partial charge on any atom is 0.333 e. The molecule has 0 aliphatic rings. The van der Waals surface area contributed by atoms with Crippen LogP contribution in [0.5, 0.6) is 5.88 Å². The van der Waals surface area contributed by atoms with Crippen LogP contribution in [-0.2, 0) is 0 Å². The van der Waals surface area contributed by atoms with E-state index in [1.165, 1.54) is 13.2 Å². The number of methoxy groups -OCH3 is 1. The fourth-order valence-electron chi connectivity index (χ4n) is 0.538. The van der Waals surface area contributed by atoms with E-state index in [2.05, 4.69) is 9.84 Å². The van der Waals surface area contributed by atoms with E-state index in [1.807, 2.05) is 0 Å². The van der Waals surface area contributed by atoms with Crippen molar-refractivity contribution in [3.8, 4) is 5.88 Å². The van der Waals surface area contributed by atoms with Gasteiger partial charge in [0, 0.05) is 12.3 Å². The average molecular weight is 148 g/mol. The van der Waals surface area contributed by atoms with E-state index in [-0.39, 0.29) is 5.88 Å². The number of hydrogen-bond acceptors (Lipinski definition) is 2. The van der Waals surface area contributed by atoms with E-state index < -0.39 is 6.55 Å². The van der Waals surface area contributed by atoms with Gasteiger partial charge in [-0.1, -0.05) is 0 Å². The van der Waals surface area contributed by atoms with Gasteiger partial charge in [0.2, 0.25) is 5.88 Å². The van der Waals surface area contributed by atoms with Crippen LogP contribution in [0.2, 0.25) is 0 Å². The van der Waals surface area contributed by atoms with Gasteiger partial charge in [-0.15, -0.1) is 5.10 Å². The number of ether oxygens (including phenoxy) is 1. The summed E-state index contributed by atoms with van der Waals surface area (Å²) in [6.45, 7) is -2.59. The van der Waals surface area contributed by atoms with E-state index in [1.54, 1.807) is 0 Å². The molecule has 3 nitrogen and oxygen atoms in total. The molecule has 1 aromatic rings. The van der Waals surface area contributed by atoms with Gasteiger partial charge in [-0.05, 0) is 0 Å². The van der Waals surface area contributed by atoms with E-state index >= 15 is 0 Å². The second-order valence-electron chi connectivity index (χ2n) is 1.62. The number of alkyl halides is 2. The predicted molar refractivity (Wildman–Crippen MR) is 30.0 cm³/mol. The van der Waals surface area contributed by atoms with Gasteiger partial charge in [-0.3, -0.25) is 0 Å². The molecule has 1 aromatic heterocycles. The van der Waals surface area contributed by atoms with Crippen molar-refractivity contribution in [2.75, 3.05) is 7.11 Å². The first-order chi connectivity index (χ1) is 4.74. The topological polar surface area (TPSA) is 27.1 Å². The van der Waals surface area contributed by atoms with E-state index in [4.69, 9.17) is 0 Å². The summed E-state index contributed by atoms with van der Waals surface area (Å²) < 4.78 is 28.6. The molecule has 0 fully saturated rings. The summed E-state index contributed by atoms with van der Waals surface area (Å²) in [6, 6.07) is 1.37. The molecule has 0 saturated heterocycles. The second kappa shape index (κ2) is 2.64. The summed E-state index contributed by atoms with van der Waals surface area (Å²) in [6.07, 6.45) is 1.16. The third-order valence-electron chi connectivity index (χ3n) is 0.993. The van der Waals surface area contributed by atoms with Crippen molar-refractivity contribution in [1.29, 1.82) is 0 Å². The predicted octanol–water partition coefficient (Wildman–Crippen LogP) is 1.29. The molecule has 1 heterocycles. The summed E-state index contributed by atoms with van der Waals surface area (Å²) in [5, 5.41) is 3.37. The lowest BCUT2D eigenvalue weighted by molar-refractivity contribution is 0.0554. The molecule has 0 N–H and O–H groups in total. The molecule has 1 rings (SSSR count). The lowest BCUT2D eigenvalue weighted by atomic mass is 10.7. The highest BCUT2D eigenvalue weighted by Gasteiger charge is 2.06. The molecule has 56 valence electrons. The van der Waals surface area contributed by atoms with Crippen molar-refractivity contribution < 1.29 is 13.5 Å². The van der Waals surface area contributed by atoms with Crippen molar-refractivity contribution in [1.82, 2.24) is 9.78 Å². The van der Waals surface area contributed by atoms with E-state index in [9.17, 15) is 8.78 Å². The molecule has 0 unspecified atom stereocenters. The number of hydrogen-bond donors (Lipinski definition) is 0. The Morgan fingerprint density at radius 1 is 1.70 bits per heavy atom. The van der Waals surface area contributed by atoms with Gasteiger partial charge in [0.1, 0.15) is 0 Å². The highest BCUT2D eigenvalue weighted by Crippen LogP contribution is 2.11. The van der Waals surface area contributed by atoms with Crippen LogP contribution in [0.25, 0.3) is 0 Å². The largest absolute Gasteiger partial charge is 0.480 e. The van der Waals surface area contributed by atoms with Crippen LogP contribution in [0.4, 0.5) is 8.78 Å². The first-order valence-electron chi connectivity index (χ1n) is 2.61. The number of halogens is 2. The SMILES string of the molecule is COc1ccn(C(F)F)n1. The lowest BCUT2D eigenvalue weighted by Gasteiger charge is -1.95. The van der Waals surface area contributed by atoms with Gasteiger partial charge < -0.3 is 4.74 Å². The zero-order chi connectivity index (χ0) is 7.56. The zero-order valence-corrected chi connectivity index (χ0v) is 5.29. The minimum Gasteiger partial charge on any atom is -0.480 e. The molecule has 5 heteroatoms. The number of aromatic nitrogens is 2. The van der Waals surface area contributed by atoms with Crippen molar-refractivity contribution >= 4 is 0 Å². The first kappa shape index (κ1) is 6.98. The third-order valence-corrected chi connectivity index (χ3v) is 0.993. The molecule has 0 radical (unpaired) electrons. The van der Waals surface area contributed by atoms with Crippen LogP contribution in [0.1, 0.15) is 6.55 Å². The molecule has 0 saturated carbocycles. The van der Waals surface area contributed by atoms with Crippen LogP contribution < -0.4 is 4.74 Å². The van der Waals surface area contributed by atoms with Crippen LogP contribution >= 0.6 is 0 Å². The lowest BCUT2D eigenvalue weighted by Crippen LogP contribution is -1.98. The Hall–Kier alpha value is -1.13. The average Bonchev–Trinajstić information content (AvgIpc) is 2.34. The van der Waals surface area contributed by atoms with E-state index in [0.29, 0.717) is 4.68 Å². The molecule has 0 aliphatic carbocycles. The summed E-state index contributed by atoms with van der Waals surface area (Å²) in [5.41, 5.74) is 0. The number of rotatable bonds is 2. The minimum atomic E-state index is -2.59. The third kappa shape index (κ3) is 1.23. The minimum absolute atomic E-state index is 0.195. The second-order valence-corrected chi connectivity index (χ2v) is 1.62. The van der Waals surface area contributed by atoms with Crippen LogP contribution in [0.15, 0.2) is 12.3 Å². The Bertz CT molecular complexity index is 211. The van der Waals surface area contributed by atoms with Crippen LogP contribution in [0, 0.1) is 0 Å². The number of nitrogens with zero attached hydrogens (tertiary/aromatic N) is 2. The Balaban J connectivity index is 2.78. The normalized spacial score (nSPS) is 10.4. The molecule has 10 heavy (non-hydrogen) atoms. The maximum absolute atomic E-state index is 11.8. The van der Waals surface area contributed by atoms with Crippen LogP contribution in [-0.4, -0.2) is 16.9 Å².